The molecule has 0 N–H and O–H groups in total. The van der Waals surface area contributed by atoms with E-state index in [0.717, 1.165) is 11.1 Å². The first-order valence-corrected chi connectivity index (χ1v) is 9.03. The molecule has 0 radical (unpaired) electrons. The minimum atomic E-state index is 1.12. The predicted molar refractivity (Wildman–Crippen MR) is 116 cm³/mol. The Hall–Kier alpha value is -2.08. The Morgan fingerprint density at radius 2 is 0.708 bits per heavy atom. The molecule has 0 aliphatic rings. The van der Waals surface area contributed by atoms with Gasteiger partial charge in [0.25, 0.3) is 0 Å². The summed E-state index contributed by atoms with van der Waals surface area (Å²) in [7, 11) is 0. The van der Waals surface area contributed by atoms with Gasteiger partial charge in [-0.25, -0.2) is 0 Å². The van der Waals surface area contributed by atoms with Crippen molar-refractivity contribution >= 4 is 11.1 Å². The average Bonchev–Trinajstić information content (AvgIpc) is 2.68. The molecule has 0 nitrogen and oxygen atoms in total. The van der Waals surface area contributed by atoms with E-state index in [9.17, 15) is 0 Å². The Morgan fingerprint density at radius 3 is 0.833 bits per heavy atom. The molecule has 2 rings (SSSR count). The van der Waals surface area contributed by atoms with Crippen LogP contribution in [-0.2, 0) is 0 Å². The number of hydrogen-bond acceptors (Lipinski definition) is 0. The summed E-state index contributed by atoms with van der Waals surface area (Å²) in [6.07, 6.45) is 0. The van der Waals surface area contributed by atoms with Crippen LogP contribution in [0.5, 0.6) is 0 Å². The fraction of sp³-hybridized carbons (Fsp3) is 0.333. The topological polar surface area (TPSA) is 0 Å². The molecule has 0 fully saturated rings. The molecule has 0 unspecified atom stereocenters. The van der Waals surface area contributed by atoms with Gasteiger partial charge >= 0.3 is 0 Å². The van der Waals surface area contributed by atoms with Crippen molar-refractivity contribution in [3.8, 4) is 0 Å². The van der Waals surface area contributed by atoms with Crippen molar-refractivity contribution in [3.05, 3.63) is 84.9 Å². The maximum atomic E-state index is 3.83. The van der Waals surface area contributed by atoms with Gasteiger partial charge in [0.2, 0.25) is 0 Å². The minimum Gasteiger partial charge on any atom is -0.0955 e. The van der Waals surface area contributed by atoms with Gasteiger partial charge in [-0.2, -0.15) is 0 Å². The number of allylic oxidation sites excluding steroid dienone is 2. The molecule has 0 aliphatic heterocycles. The number of rotatable bonds is 2. The molecule has 24 heavy (non-hydrogen) atoms. The van der Waals surface area contributed by atoms with Crippen molar-refractivity contribution in [2.24, 2.45) is 0 Å². The van der Waals surface area contributed by atoms with Crippen LogP contribution in [0.25, 0.3) is 11.1 Å². The molecule has 0 aliphatic carbocycles. The molecule has 2 aromatic rings. The highest BCUT2D eigenvalue weighted by atomic mass is 13.9. The first-order chi connectivity index (χ1) is 11.6. The minimum absolute atomic E-state index is 1.12. The molecular formula is C24H38. The highest BCUT2D eigenvalue weighted by Crippen LogP contribution is 2.09. The van der Waals surface area contributed by atoms with E-state index < -0.39 is 0 Å². The van der Waals surface area contributed by atoms with E-state index in [4.69, 9.17) is 0 Å². The van der Waals surface area contributed by atoms with Crippen molar-refractivity contribution in [1.29, 1.82) is 0 Å². The lowest BCUT2D eigenvalue weighted by molar-refractivity contribution is 1.50. The summed E-state index contributed by atoms with van der Waals surface area (Å²) >= 11 is 0. The summed E-state index contributed by atoms with van der Waals surface area (Å²) < 4.78 is 0. The molecule has 0 saturated carbocycles. The summed E-state index contributed by atoms with van der Waals surface area (Å²) in [6.45, 7) is 23.7. The van der Waals surface area contributed by atoms with E-state index in [1.807, 2.05) is 91.8 Å². The number of benzene rings is 2. The second kappa shape index (κ2) is 20.9. The van der Waals surface area contributed by atoms with Crippen molar-refractivity contribution in [1.82, 2.24) is 0 Å². The van der Waals surface area contributed by atoms with Gasteiger partial charge in [-0.3, -0.25) is 0 Å². The molecular weight excluding hydrogens is 288 g/mol. The van der Waals surface area contributed by atoms with Crippen molar-refractivity contribution in [3.63, 3.8) is 0 Å². The van der Waals surface area contributed by atoms with E-state index >= 15 is 0 Å². The largest absolute Gasteiger partial charge is 0.0955 e. The molecule has 0 heterocycles. The first kappa shape index (κ1) is 26.8. The Morgan fingerprint density at radius 1 is 0.500 bits per heavy atom. The van der Waals surface area contributed by atoms with Crippen LogP contribution in [-0.4, -0.2) is 0 Å². The summed E-state index contributed by atoms with van der Waals surface area (Å²) in [4.78, 5) is 0. The molecule has 134 valence electrons. The quantitative estimate of drug-likeness (QED) is 0.518. The van der Waals surface area contributed by atoms with Gasteiger partial charge in [0.05, 0.1) is 0 Å². The summed E-state index contributed by atoms with van der Waals surface area (Å²) in [5.41, 5.74) is 4.68. The summed E-state index contributed by atoms with van der Waals surface area (Å²) in [6, 6.07) is 20.3. The van der Waals surface area contributed by atoms with Crippen LogP contribution in [0.3, 0.4) is 0 Å². The van der Waals surface area contributed by atoms with Crippen LogP contribution >= 0.6 is 0 Å². The zero-order chi connectivity index (χ0) is 19.4. The predicted octanol–water partition coefficient (Wildman–Crippen LogP) is 8.52. The lowest BCUT2D eigenvalue weighted by Crippen LogP contribution is -1.72. The van der Waals surface area contributed by atoms with E-state index in [1.54, 1.807) is 0 Å². The SMILES string of the molecule is C=C(C)c1ccccc1.C=C(C)c1ccccc1.CC.CC.CC. The molecule has 0 saturated heterocycles. The molecule has 0 bridgehead atoms. The van der Waals surface area contributed by atoms with Gasteiger partial charge in [-0.15, -0.1) is 0 Å². The van der Waals surface area contributed by atoms with Crippen LogP contribution in [0.4, 0.5) is 0 Å². The maximum absolute atomic E-state index is 3.83. The zero-order valence-electron chi connectivity index (χ0n) is 17.2. The third-order valence-corrected chi connectivity index (χ3v) is 2.53. The highest BCUT2D eigenvalue weighted by Gasteiger charge is 1.86. The van der Waals surface area contributed by atoms with Crippen LogP contribution in [0.1, 0.15) is 66.5 Å². The Kier molecular flexibility index (Phi) is 23.4. The molecule has 2 aromatic carbocycles. The standard InChI is InChI=1S/2C9H10.3C2H6/c2*1-8(2)9-6-4-3-5-7-9;3*1-2/h2*3-7H,1H2,2H3;3*1-2H3. The lowest BCUT2D eigenvalue weighted by Gasteiger charge is -1.94. The van der Waals surface area contributed by atoms with Crippen molar-refractivity contribution in [2.45, 2.75) is 55.4 Å². The summed E-state index contributed by atoms with van der Waals surface area (Å²) in [5.74, 6) is 0. The monoisotopic (exact) mass is 326 g/mol. The molecule has 0 amide bonds. The van der Waals surface area contributed by atoms with Gasteiger partial charge in [0, 0.05) is 0 Å². The Labute approximate surface area is 152 Å². The smallest absolute Gasteiger partial charge is 0.0233 e. The normalized spacial score (nSPS) is 7.50. The van der Waals surface area contributed by atoms with E-state index in [1.165, 1.54) is 11.1 Å². The van der Waals surface area contributed by atoms with Gasteiger partial charge in [0.1, 0.15) is 0 Å². The highest BCUT2D eigenvalue weighted by molar-refractivity contribution is 5.61. The molecule has 0 aromatic heterocycles. The number of hydrogen-bond donors (Lipinski definition) is 0. The van der Waals surface area contributed by atoms with Gasteiger partial charge in [-0.1, -0.05) is 127 Å². The van der Waals surface area contributed by atoms with E-state index in [-0.39, 0.29) is 0 Å². The van der Waals surface area contributed by atoms with Crippen molar-refractivity contribution in [2.75, 3.05) is 0 Å². The van der Waals surface area contributed by atoms with E-state index in [0.29, 0.717) is 0 Å². The van der Waals surface area contributed by atoms with Gasteiger partial charge in [0.15, 0.2) is 0 Å². The molecule has 0 spiro atoms. The van der Waals surface area contributed by atoms with Crippen LogP contribution in [0.2, 0.25) is 0 Å². The Bertz CT molecular complexity index is 443. The zero-order valence-corrected chi connectivity index (χ0v) is 17.2. The summed E-state index contributed by atoms with van der Waals surface area (Å²) in [5, 5.41) is 0. The fourth-order valence-corrected chi connectivity index (χ4v) is 1.45. The molecule has 0 heteroatoms. The maximum Gasteiger partial charge on any atom is -0.0233 e. The van der Waals surface area contributed by atoms with Crippen molar-refractivity contribution < 1.29 is 0 Å². The van der Waals surface area contributed by atoms with Gasteiger partial charge in [-0.05, 0) is 25.0 Å². The van der Waals surface area contributed by atoms with Crippen LogP contribution in [0.15, 0.2) is 73.8 Å². The Balaban J connectivity index is -0.000000281. The third-order valence-electron chi connectivity index (χ3n) is 2.53. The average molecular weight is 327 g/mol. The lowest BCUT2D eigenvalue weighted by atomic mass is 10.1. The van der Waals surface area contributed by atoms with Crippen LogP contribution < -0.4 is 0 Å². The van der Waals surface area contributed by atoms with E-state index in [2.05, 4.69) is 37.4 Å². The van der Waals surface area contributed by atoms with Crippen LogP contribution in [0, 0.1) is 0 Å². The molecule has 0 atom stereocenters. The second-order valence-electron chi connectivity index (χ2n) is 4.29. The third kappa shape index (κ3) is 14.8. The first-order valence-electron chi connectivity index (χ1n) is 9.03. The van der Waals surface area contributed by atoms with Gasteiger partial charge < -0.3 is 0 Å². The second-order valence-corrected chi connectivity index (χ2v) is 4.29. The fourth-order valence-electron chi connectivity index (χ4n) is 1.45.